The van der Waals surface area contributed by atoms with Gasteiger partial charge in [-0.3, -0.25) is 19.4 Å². The van der Waals surface area contributed by atoms with Gasteiger partial charge in [-0.2, -0.15) is 0 Å². The minimum Gasteiger partial charge on any atom is -0.507 e. The maximum atomic E-state index is 14.8. The fourth-order valence-electron chi connectivity index (χ4n) is 9.51. The molecule has 0 saturated carbocycles. The predicted octanol–water partition coefficient (Wildman–Crippen LogP) is 5.06. The molecule has 1 spiro atoms. The molecule has 16 heteroatoms. The zero-order valence-corrected chi connectivity index (χ0v) is 38.9. The highest BCUT2D eigenvalue weighted by Gasteiger charge is 2.53. The van der Waals surface area contributed by atoms with E-state index in [0.29, 0.717) is 12.8 Å². The number of hydrogen-bond acceptors (Lipinski definition) is 14. The quantitative estimate of drug-likeness (QED) is 0.172. The second-order valence-electron chi connectivity index (χ2n) is 19.0. The molecule has 1 fully saturated rings. The Bertz CT molecular complexity index is 2180. The second kappa shape index (κ2) is 18.8. The van der Waals surface area contributed by atoms with Gasteiger partial charge >= 0.3 is 12.1 Å². The Morgan fingerprint density at radius 2 is 1.66 bits per heavy atom. The summed E-state index contributed by atoms with van der Waals surface area (Å²) in [6.07, 6.45) is 3.82. The van der Waals surface area contributed by atoms with E-state index in [-0.39, 0.29) is 88.5 Å². The zero-order valence-electron chi connectivity index (χ0n) is 38.9. The first-order valence-corrected chi connectivity index (χ1v) is 22.3. The van der Waals surface area contributed by atoms with Crippen LogP contribution in [-0.4, -0.2) is 117 Å². The number of carbonyl (C=O) groups excluding carboxylic acids is 4. The highest BCUT2D eigenvalue weighted by molar-refractivity contribution is 6.31. The summed E-state index contributed by atoms with van der Waals surface area (Å²) in [6.45, 7) is 18.0. The molecule has 5 bridgehead atoms. The number of esters is 1. The standard InChI is InChI=1S/C48H66N4O12/c1-23(2)22-62-46(60)52-20-18-48(19-21-52)50-35-32-33-40(56)29(8)43-34(32)44(58)47(10,64-43)17-13-16-31(61-11)26(5)42(63-30(9)53)28(7)39(55)27(6)38(54)24(3)14-12-15-25(4)45(59)49-37(41(33)57)36(35)51-48/h12-16,23-24,26-28,31,38-39,42,44,51,54-56,58H,17-22H2,1-11H3,(H,49,59)/b14-12+,16-13+,25-15-/t24-,26+,27+,28+,31-,38-,39+,42+,44?,47+/m0/s1. The number of amides is 2. The van der Waals surface area contributed by atoms with Crippen LogP contribution in [0.15, 0.2) is 52.3 Å². The van der Waals surface area contributed by atoms with Crippen molar-refractivity contribution >= 4 is 29.5 Å². The number of hydrogen-bond donors (Lipinski definition) is 6. The fourth-order valence-corrected chi connectivity index (χ4v) is 9.51. The average Bonchev–Trinajstić information content (AvgIpc) is 3.75. The summed E-state index contributed by atoms with van der Waals surface area (Å²) >= 11 is 0. The van der Waals surface area contributed by atoms with Crippen molar-refractivity contribution in [2.45, 2.75) is 130 Å². The summed E-state index contributed by atoms with van der Waals surface area (Å²) in [4.78, 5) is 60.9. The minimum atomic E-state index is -1.34. The first kappa shape index (κ1) is 48.4. The van der Waals surface area contributed by atoms with Crippen molar-refractivity contribution in [1.29, 1.82) is 0 Å². The number of aliphatic imine (C=N–C) groups is 1. The van der Waals surface area contributed by atoms with Crippen LogP contribution in [0.1, 0.15) is 115 Å². The van der Waals surface area contributed by atoms with Crippen molar-refractivity contribution < 1.29 is 58.6 Å². The molecule has 16 nitrogen and oxygen atoms in total. The lowest BCUT2D eigenvalue weighted by molar-refractivity contribution is -0.160. The van der Waals surface area contributed by atoms with E-state index in [1.54, 1.807) is 76.8 Å². The van der Waals surface area contributed by atoms with Gasteiger partial charge in [0.2, 0.25) is 5.78 Å². The number of likely N-dealkylation sites (tertiary alicyclic amines) is 1. The van der Waals surface area contributed by atoms with Gasteiger partial charge in [0, 0.05) is 92.3 Å². The van der Waals surface area contributed by atoms with Gasteiger partial charge in [-0.1, -0.05) is 71.9 Å². The van der Waals surface area contributed by atoms with E-state index < -0.39 is 89.2 Å². The molecule has 2 amide bonds. The Labute approximate surface area is 375 Å². The first-order chi connectivity index (χ1) is 30.1. The van der Waals surface area contributed by atoms with Gasteiger partial charge in [-0.15, -0.1) is 0 Å². The number of ether oxygens (including phenoxy) is 4. The van der Waals surface area contributed by atoms with Crippen molar-refractivity contribution in [2.24, 2.45) is 34.6 Å². The second-order valence-corrected chi connectivity index (χ2v) is 19.0. The van der Waals surface area contributed by atoms with Gasteiger partial charge < -0.3 is 54.9 Å². The molecular weight excluding hydrogens is 825 g/mol. The molecule has 64 heavy (non-hydrogen) atoms. The molecule has 0 aromatic heterocycles. The number of rotatable bonds is 4. The lowest BCUT2D eigenvalue weighted by Gasteiger charge is -2.38. The number of aliphatic hydroxyl groups excluding tert-OH is 3. The number of ketones is 1. The van der Waals surface area contributed by atoms with E-state index in [4.69, 9.17) is 23.9 Å². The van der Waals surface area contributed by atoms with E-state index in [0.717, 1.165) is 0 Å². The molecule has 1 aromatic carbocycles. The maximum Gasteiger partial charge on any atom is 0.409 e. The molecule has 350 valence electrons. The Morgan fingerprint density at radius 1 is 0.984 bits per heavy atom. The number of carbonyl (C=O) groups is 4. The van der Waals surface area contributed by atoms with E-state index in [2.05, 4.69) is 10.6 Å². The topological polar surface area (TPSA) is 226 Å². The number of allylic oxidation sites excluding steroid dienone is 4. The smallest absolute Gasteiger partial charge is 0.409 e. The molecule has 6 rings (SSSR count). The van der Waals surface area contributed by atoms with Crippen molar-refractivity contribution in [3.63, 3.8) is 0 Å². The van der Waals surface area contributed by atoms with Crippen molar-refractivity contribution in [1.82, 2.24) is 15.5 Å². The number of benzene rings is 1. The van der Waals surface area contributed by atoms with Crippen LogP contribution < -0.4 is 15.4 Å². The molecule has 4 heterocycles. The molecule has 10 atom stereocenters. The van der Waals surface area contributed by atoms with Crippen LogP contribution in [0.25, 0.3) is 0 Å². The van der Waals surface area contributed by atoms with E-state index in [9.17, 15) is 39.6 Å². The van der Waals surface area contributed by atoms with Crippen LogP contribution in [0.4, 0.5) is 4.79 Å². The number of piperidine rings is 1. The fraction of sp³-hybridized carbons (Fsp3) is 0.604. The van der Waals surface area contributed by atoms with Gasteiger partial charge in [0.25, 0.3) is 5.91 Å². The number of methoxy groups -OCH3 is 1. The third kappa shape index (κ3) is 9.11. The number of nitrogens with one attached hydrogen (secondary N) is 2. The van der Waals surface area contributed by atoms with Crippen molar-refractivity contribution in [3.05, 3.63) is 69.6 Å². The lowest BCUT2D eigenvalue weighted by atomic mass is 9.78. The van der Waals surface area contributed by atoms with Crippen LogP contribution in [-0.2, 0) is 23.8 Å². The van der Waals surface area contributed by atoms with Crippen molar-refractivity contribution in [2.75, 3.05) is 26.8 Å². The number of aliphatic hydroxyl groups is 3. The molecule has 4 aliphatic heterocycles. The van der Waals surface area contributed by atoms with E-state index in [1.807, 2.05) is 20.8 Å². The number of fused-ring (bicyclic) bond motifs is 3. The van der Waals surface area contributed by atoms with Gasteiger partial charge in [-0.05, 0) is 26.7 Å². The third-order valence-electron chi connectivity index (χ3n) is 13.6. The van der Waals surface area contributed by atoms with Gasteiger partial charge in [0.1, 0.15) is 40.7 Å². The molecule has 6 N–H and O–H groups in total. The van der Waals surface area contributed by atoms with Gasteiger partial charge in [0.15, 0.2) is 0 Å². The minimum absolute atomic E-state index is 0.121. The zero-order chi connectivity index (χ0) is 47.2. The lowest BCUT2D eigenvalue weighted by Crippen LogP contribution is -2.51. The SMILES string of the molecule is CO[C@H]1/C=C/C[C@@]2(C)Oc3c(C)c(O)c4c(c3C2O)C2=NC3(CCN(C(=O)OCC(C)C)CC3)NC2=C(NC(=O)/C(C)=C\C=C\[C@H](C)[C@H](O)[C@@H](C)[C@@H](O)[C@@H](C)[C@H](OC(C)=O)[C@@H]1C)C4=O. The Balaban J connectivity index is 1.47. The summed E-state index contributed by atoms with van der Waals surface area (Å²) < 4.78 is 23.8. The summed E-state index contributed by atoms with van der Waals surface area (Å²) in [5.41, 5.74) is -1.28. The average molecular weight is 891 g/mol. The number of phenolic OH excluding ortho intramolecular Hbond substituents is 1. The van der Waals surface area contributed by atoms with Crippen LogP contribution in [0.3, 0.4) is 0 Å². The maximum absolute atomic E-state index is 14.8. The predicted molar refractivity (Wildman–Crippen MR) is 237 cm³/mol. The third-order valence-corrected chi connectivity index (χ3v) is 13.6. The molecule has 1 saturated heterocycles. The number of aromatic hydroxyl groups is 1. The Morgan fingerprint density at radius 3 is 2.28 bits per heavy atom. The summed E-state index contributed by atoms with van der Waals surface area (Å²) in [5, 5.41) is 53.5. The number of phenols is 1. The summed E-state index contributed by atoms with van der Waals surface area (Å²) in [6, 6.07) is 0. The molecule has 1 aromatic rings. The Hall–Kier alpha value is -5.03. The van der Waals surface area contributed by atoms with Gasteiger partial charge in [-0.25, -0.2) is 4.79 Å². The van der Waals surface area contributed by atoms with Crippen molar-refractivity contribution in [3.8, 4) is 11.5 Å². The first-order valence-electron chi connectivity index (χ1n) is 22.3. The largest absolute Gasteiger partial charge is 0.507 e. The molecule has 1 unspecified atom stereocenters. The molecular formula is C48H66N4O12. The van der Waals surface area contributed by atoms with Gasteiger partial charge in [0.05, 0.1) is 41.9 Å². The van der Waals surface area contributed by atoms with Crippen LogP contribution in [0.2, 0.25) is 0 Å². The van der Waals surface area contributed by atoms with Crippen LogP contribution in [0, 0.1) is 36.5 Å². The summed E-state index contributed by atoms with van der Waals surface area (Å²) in [7, 11) is 1.52. The summed E-state index contributed by atoms with van der Waals surface area (Å²) in [5.74, 6) is -4.16. The molecule has 5 aliphatic rings. The molecule has 1 aliphatic carbocycles. The monoisotopic (exact) mass is 890 g/mol. The van der Waals surface area contributed by atoms with Crippen LogP contribution in [0.5, 0.6) is 11.5 Å². The number of nitrogens with zero attached hydrogens (tertiary/aromatic N) is 2. The Kier molecular flexibility index (Phi) is 14.2. The number of Topliss-reactive ketones (excluding diaryl/α,β-unsaturated/α-hetero) is 1. The van der Waals surface area contributed by atoms with E-state index in [1.165, 1.54) is 14.0 Å². The highest BCUT2D eigenvalue weighted by Crippen LogP contribution is 2.54. The molecule has 0 radical (unpaired) electrons. The van der Waals surface area contributed by atoms with E-state index >= 15 is 0 Å². The normalized spacial score (nSPS) is 33.7. The van der Waals surface area contributed by atoms with Crippen LogP contribution >= 0.6 is 0 Å². The highest BCUT2D eigenvalue weighted by atomic mass is 16.6.